The smallest absolute Gasteiger partial charge is 0.152 e. The molecule has 0 amide bonds. The topological polar surface area (TPSA) is 17.1 Å². The zero-order valence-corrected chi connectivity index (χ0v) is 6.85. The first kappa shape index (κ1) is 9.15. The maximum Gasteiger partial charge on any atom is 0.152 e. The third kappa shape index (κ3) is 7.15. The summed E-state index contributed by atoms with van der Waals surface area (Å²) in [6.07, 6.45) is 6.41. The average molecular weight is 138 g/mol. The van der Waals surface area contributed by atoms with Crippen LogP contribution in [0.4, 0.5) is 0 Å². The molecular formula is C9H14O. The zero-order valence-electron chi connectivity index (χ0n) is 6.85. The summed E-state index contributed by atoms with van der Waals surface area (Å²) in [6.45, 7) is 5.64. The van der Waals surface area contributed by atoms with E-state index in [1.165, 1.54) is 5.57 Å². The molecule has 0 radical (unpaired) electrons. The first-order valence-electron chi connectivity index (χ1n) is 3.43. The Hall–Kier alpha value is -0.850. The van der Waals surface area contributed by atoms with Gasteiger partial charge in [-0.05, 0) is 33.3 Å². The highest BCUT2D eigenvalue weighted by atomic mass is 16.1. The van der Waals surface area contributed by atoms with E-state index in [4.69, 9.17) is 0 Å². The molecule has 0 aromatic heterocycles. The van der Waals surface area contributed by atoms with Crippen LogP contribution >= 0.6 is 0 Å². The van der Waals surface area contributed by atoms with Crippen LogP contribution in [0.1, 0.15) is 27.2 Å². The average Bonchev–Trinajstić information content (AvgIpc) is 1.79. The summed E-state index contributed by atoms with van der Waals surface area (Å²) < 4.78 is 0. The fourth-order valence-corrected chi connectivity index (χ4v) is 0.538. The number of carbonyl (C=O) groups excluding carboxylic acids is 1. The third-order valence-corrected chi connectivity index (χ3v) is 1.01. The molecule has 1 nitrogen and oxygen atoms in total. The van der Waals surface area contributed by atoms with Crippen LogP contribution in [0.15, 0.2) is 23.8 Å². The van der Waals surface area contributed by atoms with E-state index >= 15 is 0 Å². The van der Waals surface area contributed by atoms with E-state index in [0.29, 0.717) is 0 Å². The summed E-state index contributed by atoms with van der Waals surface area (Å²) in [5, 5.41) is 0. The van der Waals surface area contributed by atoms with Crippen LogP contribution in [0.2, 0.25) is 0 Å². The Labute approximate surface area is 62.4 Å². The van der Waals surface area contributed by atoms with Crippen LogP contribution in [-0.4, -0.2) is 5.78 Å². The van der Waals surface area contributed by atoms with E-state index in [2.05, 4.69) is 6.08 Å². The van der Waals surface area contributed by atoms with Gasteiger partial charge in [0.15, 0.2) is 5.78 Å². The van der Waals surface area contributed by atoms with Crippen molar-refractivity contribution in [1.82, 2.24) is 0 Å². The summed E-state index contributed by atoms with van der Waals surface area (Å²) in [5.41, 5.74) is 1.29. The molecule has 56 valence electrons. The lowest BCUT2D eigenvalue weighted by molar-refractivity contribution is -0.112. The third-order valence-electron chi connectivity index (χ3n) is 1.01. The van der Waals surface area contributed by atoms with Crippen molar-refractivity contribution in [1.29, 1.82) is 0 Å². The van der Waals surface area contributed by atoms with Gasteiger partial charge in [0.25, 0.3) is 0 Å². The quantitative estimate of drug-likeness (QED) is 0.432. The van der Waals surface area contributed by atoms with Crippen LogP contribution in [0.5, 0.6) is 0 Å². The van der Waals surface area contributed by atoms with Gasteiger partial charge in [0.2, 0.25) is 0 Å². The molecular weight excluding hydrogens is 124 g/mol. The molecule has 0 rings (SSSR count). The van der Waals surface area contributed by atoms with Crippen molar-refractivity contribution in [3.05, 3.63) is 23.8 Å². The van der Waals surface area contributed by atoms with Crippen molar-refractivity contribution in [3.63, 3.8) is 0 Å². The van der Waals surface area contributed by atoms with Crippen LogP contribution in [-0.2, 0) is 4.79 Å². The Morgan fingerprint density at radius 3 is 2.30 bits per heavy atom. The van der Waals surface area contributed by atoms with Gasteiger partial charge >= 0.3 is 0 Å². The predicted molar refractivity (Wildman–Crippen MR) is 43.9 cm³/mol. The lowest BCUT2D eigenvalue weighted by Gasteiger charge is -1.84. The van der Waals surface area contributed by atoms with E-state index in [-0.39, 0.29) is 5.78 Å². The molecule has 0 spiro atoms. The molecule has 0 unspecified atom stereocenters. The standard InChI is InChI=1S/C9H14O/c1-8(2)6-4-5-7-9(3)10/h5-7H,4H2,1-3H3/b7-5+. The number of hydrogen-bond donors (Lipinski definition) is 0. The van der Waals surface area contributed by atoms with Gasteiger partial charge in [0.1, 0.15) is 0 Å². The van der Waals surface area contributed by atoms with E-state index in [1.807, 2.05) is 19.9 Å². The maximum absolute atomic E-state index is 10.4. The van der Waals surface area contributed by atoms with Crippen molar-refractivity contribution in [3.8, 4) is 0 Å². The predicted octanol–water partition coefficient (Wildman–Crippen LogP) is 2.49. The molecule has 0 aliphatic rings. The van der Waals surface area contributed by atoms with Gasteiger partial charge in [-0.25, -0.2) is 0 Å². The van der Waals surface area contributed by atoms with E-state index in [9.17, 15) is 4.79 Å². The summed E-state index contributed by atoms with van der Waals surface area (Å²) in [4.78, 5) is 10.4. The van der Waals surface area contributed by atoms with Crippen LogP contribution in [0.3, 0.4) is 0 Å². The second kappa shape index (κ2) is 4.98. The monoisotopic (exact) mass is 138 g/mol. The molecule has 0 aromatic carbocycles. The Morgan fingerprint density at radius 1 is 1.30 bits per heavy atom. The van der Waals surface area contributed by atoms with Crippen LogP contribution in [0.25, 0.3) is 0 Å². The van der Waals surface area contributed by atoms with Gasteiger partial charge in [-0.15, -0.1) is 0 Å². The fraction of sp³-hybridized carbons (Fsp3) is 0.444. The molecule has 0 N–H and O–H groups in total. The van der Waals surface area contributed by atoms with Gasteiger partial charge in [-0.2, -0.15) is 0 Å². The Balaban J connectivity index is 3.55. The number of carbonyl (C=O) groups is 1. The first-order chi connectivity index (χ1) is 4.63. The molecule has 0 saturated carbocycles. The van der Waals surface area contributed by atoms with E-state index < -0.39 is 0 Å². The molecule has 0 bridgehead atoms. The minimum absolute atomic E-state index is 0.113. The zero-order chi connectivity index (χ0) is 7.98. The Bertz CT molecular complexity index is 160. The highest BCUT2D eigenvalue weighted by molar-refractivity contribution is 5.87. The van der Waals surface area contributed by atoms with Crippen molar-refractivity contribution < 1.29 is 4.79 Å². The highest BCUT2D eigenvalue weighted by Crippen LogP contribution is 1.93. The van der Waals surface area contributed by atoms with Gasteiger partial charge in [-0.1, -0.05) is 17.7 Å². The normalized spacial score (nSPS) is 9.90. The van der Waals surface area contributed by atoms with Crippen molar-refractivity contribution in [2.75, 3.05) is 0 Å². The molecule has 0 fully saturated rings. The van der Waals surface area contributed by atoms with E-state index in [0.717, 1.165) is 6.42 Å². The van der Waals surface area contributed by atoms with E-state index in [1.54, 1.807) is 13.0 Å². The molecule has 0 aliphatic carbocycles. The van der Waals surface area contributed by atoms with Crippen LogP contribution < -0.4 is 0 Å². The minimum atomic E-state index is 0.113. The summed E-state index contributed by atoms with van der Waals surface area (Å²) in [7, 11) is 0. The highest BCUT2D eigenvalue weighted by Gasteiger charge is 1.79. The van der Waals surface area contributed by atoms with Crippen molar-refractivity contribution in [2.45, 2.75) is 27.2 Å². The first-order valence-corrected chi connectivity index (χ1v) is 3.43. The number of ketones is 1. The second-order valence-electron chi connectivity index (χ2n) is 2.53. The molecule has 0 saturated heterocycles. The second-order valence-corrected chi connectivity index (χ2v) is 2.53. The molecule has 10 heavy (non-hydrogen) atoms. The molecule has 0 heterocycles. The Morgan fingerprint density at radius 2 is 1.90 bits per heavy atom. The number of rotatable bonds is 3. The molecule has 0 aliphatic heterocycles. The Kier molecular flexibility index (Phi) is 4.55. The summed E-state index contributed by atoms with van der Waals surface area (Å²) in [6, 6.07) is 0. The summed E-state index contributed by atoms with van der Waals surface area (Å²) >= 11 is 0. The van der Waals surface area contributed by atoms with Crippen molar-refractivity contribution >= 4 is 5.78 Å². The van der Waals surface area contributed by atoms with Gasteiger partial charge in [0, 0.05) is 0 Å². The van der Waals surface area contributed by atoms with Gasteiger partial charge in [0.05, 0.1) is 0 Å². The van der Waals surface area contributed by atoms with Crippen LogP contribution in [0, 0.1) is 0 Å². The fourth-order valence-electron chi connectivity index (χ4n) is 0.538. The maximum atomic E-state index is 10.4. The lowest BCUT2D eigenvalue weighted by Crippen LogP contribution is -1.78. The molecule has 0 atom stereocenters. The molecule has 1 heteroatoms. The van der Waals surface area contributed by atoms with Gasteiger partial charge in [-0.3, -0.25) is 4.79 Å². The van der Waals surface area contributed by atoms with Gasteiger partial charge < -0.3 is 0 Å². The largest absolute Gasteiger partial charge is 0.295 e. The minimum Gasteiger partial charge on any atom is -0.295 e. The lowest BCUT2D eigenvalue weighted by atomic mass is 10.2. The number of allylic oxidation sites excluding steroid dienone is 4. The van der Waals surface area contributed by atoms with Crippen molar-refractivity contribution in [2.24, 2.45) is 0 Å². The SMILES string of the molecule is CC(=O)/C=C/CC=C(C)C. The molecule has 0 aromatic rings. The summed E-state index contributed by atoms with van der Waals surface area (Å²) in [5.74, 6) is 0.113. The number of hydrogen-bond acceptors (Lipinski definition) is 1.